The van der Waals surface area contributed by atoms with E-state index in [1.807, 2.05) is 5.32 Å². The number of para-hydroxylation sites is 1. The predicted molar refractivity (Wildman–Crippen MR) is 65.8 cm³/mol. The quantitative estimate of drug-likeness (QED) is 0.936. The van der Waals surface area contributed by atoms with Gasteiger partial charge in [-0.1, -0.05) is 6.07 Å². The van der Waals surface area contributed by atoms with E-state index in [0.717, 1.165) is 30.5 Å². The average molecular weight is 281 g/mol. The highest BCUT2D eigenvalue weighted by atomic mass is 19.1. The molecule has 0 aliphatic rings. The summed E-state index contributed by atoms with van der Waals surface area (Å²) in [7, 11) is 1.26. The number of methoxy groups -OCH3 is 1. The molecule has 2 rings (SSSR count). The zero-order valence-corrected chi connectivity index (χ0v) is 10.3. The lowest BCUT2D eigenvalue weighted by Gasteiger charge is -2.06. The maximum atomic E-state index is 13.4. The fourth-order valence-corrected chi connectivity index (χ4v) is 1.46. The van der Waals surface area contributed by atoms with Crippen LogP contribution in [0.1, 0.15) is 10.6 Å². The van der Waals surface area contributed by atoms with E-state index in [4.69, 9.17) is 4.42 Å². The molecule has 1 heterocycles. The fraction of sp³-hybridized carbons (Fsp3) is 0.0769. The molecule has 0 fully saturated rings. The van der Waals surface area contributed by atoms with Crippen molar-refractivity contribution in [3.05, 3.63) is 58.1 Å². The van der Waals surface area contributed by atoms with Crippen LogP contribution in [-0.2, 0) is 0 Å². The van der Waals surface area contributed by atoms with Crippen molar-refractivity contribution < 1.29 is 22.7 Å². The van der Waals surface area contributed by atoms with Crippen LogP contribution in [0.4, 0.5) is 14.5 Å². The molecule has 0 bridgehead atoms. The average Bonchev–Trinajstić information content (AvgIpc) is 2.42. The van der Waals surface area contributed by atoms with E-state index in [9.17, 15) is 18.4 Å². The predicted octanol–water partition coefficient (Wildman–Crippen LogP) is 2.18. The second-order valence-electron chi connectivity index (χ2n) is 3.73. The van der Waals surface area contributed by atoms with Gasteiger partial charge in [-0.05, 0) is 12.1 Å². The normalized spacial score (nSPS) is 10.2. The molecule has 104 valence electrons. The third-order valence-corrected chi connectivity index (χ3v) is 2.44. The summed E-state index contributed by atoms with van der Waals surface area (Å²) in [6.45, 7) is 0. The Hall–Kier alpha value is -2.70. The van der Waals surface area contributed by atoms with Crippen molar-refractivity contribution >= 4 is 11.6 Å². The van der Waals surface area contributed by atoms with Crippen LogP contribution in [0.2, 0.25) is 0 Å². The Morgan fingerprint density at radius 3 is 2.50 bits per heavy atom. The van der Waals surface area contributed by atoms with Gasteiger partial charge in [0, 0.05) is 6.07 Å². The smallest absolute Gasteiger partial charge is 0.291 e. The number of hydrogen-bond acceptors (Lipinski definition) is 4. The zero-order valence-electron chi connectivity index (χ0n) is 10.3. The van der Waals surface area contributed by atoms with Crippen LogP contribution in [0, 0.1) is 11.6 Å². The molecule has 0 saturated carbocycles. The van der Waals surface area contributed by atoms with E-state index >= 15 is 0 Å². The first-order valence-corrected chi connectivity index (χ1v) is 5.45. The molecule has 0 aliphatic heterocycles. The number of rotatable bonds is 3. The molecule has 0 radical (unpaired) electrons. The molecule has 5 nitrogen and oxygen atoms in total. The van der Waals surface area contributed by atoms with Crippen LogP contribution in [0.25, 0.3) is 0 Å². The van der Waals surface area contributed by atoms with Gasteiger partial charge in [0.15, 0.2) is 5.76 Å². The highest BCUT2D eigenvalue weighted by Crippen LogP contribution is 2.19. The summed E-state index contributed by atoms with van der Waals surface area (Å²) in [4.78, 5) is 23.2. The Balaban J connectivity index is 2.29. The molecule has 0 atom stereocenters. The number of hydrogen-bond donors (Lipinski definition) is 1. The van der Waals surface area contributed by atoms with E-state index in [1.165, 1.54) is 7.11 Å². The standard InChI is InChI=1S/C13H9F2NO4/c1-19-11-6-20-10(5-9(11)17)13(18)16-12-7(14)3-2-4-8(12)15/h2-6H,1H3,(H,16,18). The number of nitrogens with one attached hydrogen (secondary N) is 1. The molecule has 0 spiro atoms. The minimum atomic E-state index is -0.950. The van der Waals surface area contributed by atoms with Crippen molar-refractivity contribution in [3.63, 3.8) is 0 Å². The van der Waals surface area contributed by atoms with Crippen molar-refractivity contribution in [1.29, 1.82) is 0 Å². The molecule has 1 aromatic heterocycles. The lowest BCUT2D eigenvalue weighted by Crippen LogP contribution is -2.16. The number of amides is 1. The molecular formula is C13H9F2NO4. The van der Waals surface area contributed by atoms with Gasteiger partial charge in [-0.15, -0.1) is 0 Å². The van der Waals surface area contributed by atoms with Gasteiger partial charge in [0.2, 0.25) is 11.2 Å². The topological polar surface area (TPSA) is 68.5 Å². The summed E-state index contributed by atoms with van der Waals surface area (Å²) in [5.41, 5.74) is -1.20. The van der Waals surface area contributed by atoms with Gasteiger partial charge in [-0.25, -0.2) is 8.78 Å². The van der Waals surface area contributed by atoms with E-state index < -0.39 is 34.4 Å². The number of halogens is 2. The Kier molecular flexibility index (Phi) is 3.79. The lowest BCUT2D eigenvalue weighted by molar-refractivity contribution is 0.0992. The third-order valence-electron chi connectivity index (χ3n) is 2.44. The van der Waals surface area contributed by atoms with Gasteiger partial charge >= 0.3 is 0 Å². The third kappa shape index (κ3) is 2.66. The maximum absolute atomic E-state index is 13.4. The summed E-state index contributed by atoms with van der Waals surface area (Å²) in [5.74, 6) is -3.30. The van der Waals surface area contributed by atoms with E-state index in [-0.39, 0.29) is 5.75 Å². The summed E-state index contributed by atoms with van der Waals surface area (Å²) in [6, 6.07) is 4.01. The monoisotopic (exact) mass is 281 g/mol. The minimum absolute atomic E-state index is 0.0846. The van der Waals surface area contributed by atoms with Crippen molar-refractivity contribution in [1.82, 2.24) is 0 Å². The maximum Gasteiger partial charge on any atom is 0.291 e. The molecular weight excluding hydrogens is 272 g/mol. The Morgan fingerprint density at radius 2 is 1.95 bits per heavy atom. The van der Waals surface area contributed by atoms with Crippen LogP contribution < -0.4 is 15.5 Å². The number of benzene rings is 1. The van der Waals surface area contributed by atoms with Gasteiger partial charge < -0.3 is 14.5 Å². The van der Waals surface area contributed by atoms with Crippen LogP contribution in [-0.4, -0.2) is 13.0 Å². The molecule has 1 amide bonds. The summed E-state index contributed by atoms with van der Waals surface area (Å²) in [5, 5.41) is 2.00. The number of ether oxygens (including phenoxy) is 1. The van der Waals surface area contributed by atoms with Crippen molar-refractivity contribution in [2.24, 2.45) is 0 Å². The first-order chi connectivity index (χ1) is 9.52. The van der Waals surface area contributed by atoms with Gasteiger partial charge in [-0.3, -0.25) is 9.59 Å². The Bertz CT molecular complexity index is 692. The first-order valence-electron chi connectivity index (χ1n) is 5.45. The van der Waals surface area contributed by atoms with E-state index in [0.29, 0.717) is 0 Å². The molecule has 0 aliphatic carbocycles. The van der Waals surface area contributed by atoms with Gasteiger partial charge in [-0.2, -0.15) is 0 Å². The molecule has 20 heavy (non-hydrogen) atoms. The number of carbonyl (C=O) groups excluding carboxylic acids is 1. The number of anilines is 1. The van der Waals surface area contributed by atoms with Crippen molar-refractivity contribution in [2.45, 2.75) is 0 Å². The first kappa shape index (κ1) is 13.7. The molecule has 2 aromatic rings. The van der Waals surface area contributed by atoms with Crippen molar-refractivity contribution in [2.75, 3.05) is 12.4 Å². The molecule has 1 aromatic carbocycles. The van der Waals surface area contributed by atoms with E-state index in [2.05, 4.69) is 4.74 Å². The number of carbonyl (C=O) groups is 1. The zero-order chi connectivity index (χ0) is 14.7. The second kappa shape index (κ2) is 5.52. The van der Waals surface area contributed by atoms with Crippen LogP contribution in [0.3, 0.4) is 0 Å². The highest BCUT2D eigenvalue weighted by molar-refractivity contribution is 6.02. The second-order valence-corrected chi connectivity index (χ2v) is 3.73. The van der Waals surface area contributed by atoms with E-state index in [1.54, 1.807) is 0 Å². The molecule has 0 saturated heterocycles. The SMILES string of the molecule is COc1coc(C(=O)Nc2c(F)cccc2F)cc1=O. The highest BCUT2D eigenvalue weighted by Gasteiger charge is 2.16. The van der Waals surface area contributed by atoms with Gasteiger partial charge in [0.1, 0.15) is 23.6 Å². The van der Waals surface area contributed by atoms with Crippen LogP contribution >= 0.6 is 0 Å². The van der Waals surface area contributed by atoms with Crippen molar-refractivity contribution in [3.8, 4) is 5.75 Å². The van der Waals surface area contributed by atoms with Gasteiger partial charge in [0.25, 0.3) is 5.91 Å². The van der Waals surface area contributed by atoms with Crippen LogP contribution in [0.15, 0.2) is 39.7 Å². The van der Waals surface area contributed by atoms with Gasteiger partial charge in [0.05, 0.1) is 7.11 Å². The fourth-order valence-electron chi connectivity index (χ4n) is 1.46. The minimum Gasteiger partial charge on any atom is -0.490 e. The lowest BCUT2D eigenvalue weighted by atomic mass is 10.2. The largest absolute Gasteiger partial charge is 0.490 e. The summed E-state index contributed by atoms with van der Waals surface area (Å²) < 4.78 is 36.3. The summed E-state index contributed by atoms with van der Waals surface area (Å²) in [6.07, 6.45) is 0.939. The Morgan fingerprint density at radius 1 is 1.30 bits per heavy atom. The summed E-state index contributed by atoms with van der Waals surface area (Å²) >= 11 is 0. The molecule has 0 unspecified atom stereocenters. The molecule has 1 N–H and O–H groups in total. The Labute approximate surface area is 111 Å². The van der Waals surface area contributed by atoms with Crippen LogP contribution in [0.5, 0.6) is 5.75 Å². The molecule has 7 heteroatoms.